The van der Waals surface area contributed by atoms with Crippen molar-refractivity contribution < 1.29 is 14.3 Å². The van der Waals surface area contributed by atoms with Crippen molar-refractivity contribution in [2.24, 2.45) is 0 Å². The van der Waals surface area contributed by atoms with Gasteiger partial charge in [0.2, 0.25) is 5.91 Å². The fourth-order valence-electron chi connectivity index (χ4n) is 1.94. The monoisotopic (exact) mass is 362 g/mol. The van der Waals surface area contributed by atoms with Crippen LogP contribution >= 0.6 is 11.6 Å². The number of amides is 2. The fourth-order valence-corrected chi connectivity index (χ4v) is 2.11. The number of halogens is 1. The van der Waals surface area contributed by atoms with Gasteiger partial charge in [-0.1, -0.05) is 41.9 Å². The quantitative estimate of drug-likeness (QED) is 0.853. The number of hydrogen-bond acceptors (Lipinski definition) is 5. The van der Waals surface area contributed by atoms with Gasteiger partial charge in [-0.3, -0.25) is 14.7 Å². The van der Waals surface area contributed by atoms with E-state index < -0.39 is 12.1 Å². The number of hydrogen-bond donors (Lipinski definition) is 1. The van der Waals surface area contributed by atoms with Gasteiger partial charge in [-0.25, -0.2) is 9.78 Å². The Morgan fingerprint density at radius 3 is 2.60 bits per heavy atom. The standard InChI is InChI=1S/C17H19ClN4O3/c1-12(16(23)21-10-14-15(18)20-9-8-19-14)22(2)17(24)25-11-13-6-4-3-5-7-13/h3-9,12H,10-11H2,1-2H3,(H,21,23)/t12-/m0/s1. The Labute approximate surface area is 151 Å². The molecule has 8 heteroatoms. The lowest BCUT2D eigenvalue weighted by Crippen LogP contribution is -2.45. The van der Waals surface area contributed by atoms with Crippen LogP contribution < -0.4 is 5.32 Å². The van der Waals surface area contributed by atoms with E-state index in [1.807, 2.05) is 30.3 Å². The van der Waals surface area contributed by atoms with Gasteiger partial charge in [-0.2, -0.15) is 0 Å². The van der Waals surface area contributed by atoms with Crippen molar-refractivity contribution >= 4 is 23.6 Å². The molecule has 1 N–H and O–H groups in total. The Balaban J connectivity index is 1.83. The highest BCUT2D eigenvalue weighted by atomic mass is 35.5. The highest BCUT2D eigenvalue weighted by Gasteiger charge is 2.23. The molecule has 1 aromatic carbocycles. The number of carbonyl (C=O) groups excluding carboxylic acids is 2. The first kappa shape index (κ1) is 18.7. The maximum atomic E-state index is 12.2. The highest BCUT2D eigenvalue weighted by Crippen LogP contribution is 2.09. The lowest BCUT2D eigenvalue weighted by Gasteiger charge is -2.23. The average molecular weight is 363 g/mol. The van der Waals surface area contributed by atoms with E-state index in [2.05, 4.69) is 15.3 Å². The van der Waals surface area contributed by atoms with E-state index in [9.17, 15) is 9.59 Å². The zero-order valence-electron chi connectivity index (χ0n) is 14.0. The third-order valence-corrected chi connectivity index (χ3v) is 3.92. The van der Waals surface area contributed by atoms with Gasteiger partial charge in [-0.05, 0) is 12.5 Å². The van der Waals surface area contributed by atoms with Crippen molar-refractivity contribution in [1.29, 1.82) is 0 Å². The molecule has 2 rings (SSSR count). The average Bonchev–Trinajstić information content (AvgIpc) is 2.64. The Morgan fingerprint density at radius 1 is 1.24 bits per heavy atom. The molecular weight excluding hydrogens is 344 g/mol. The second kappa shape index (κ2) is 8.98. The van der Waals surface area contributed by atoms with Crippen LogP contribution in [0.5, 0.6) is 0 Å². The number of nitrogens with zero attached hydrogens (tertiary/aromatic N) is 3. The first-order valence-electron chi connectivity index (χ1n) is 7.65. The molecule has 0 saturated carbocycles. The number of nitrogens with one attached hydrogen (secondary N) is 1. The van der Waals surface area contributed by atoms with Crippen LogP contribution in [0.1, 0.15) is 18.2 Å². The third kappa shape index (κ3) is 5.42. The van der Waals surface area contributed by atoms with Gasteiger partial charge in [0.05, 0.1) is 12.2 Å². The molecule has 0 radical (unpaired) electrons. The minimum atomic E-state index is -0.710. The Hall–Kier alpha value is -2.67. The molecule has 0 spiro atoms. The van der Waals surface area contributed by atoms with Crippen LogP contribution in [0.15, 0.2) is 42.7 Å². The summed E-state index contributed by atoms with van der Waals surface area (Å²) in [6, 6.07) is 8.61. The molecule has 132 valence electrons. The minimum Gasteiger partial charge on any atom is -0.445 e. The first-order valence-corrected chi connectivity index (χ1v) is 8.03. The summed E-state index contributed by atoms with van der Waals surface area (Å²) in [6.07, 6.45) is 2.38. The van der Waals surface area contributed by atoms with Crippen molar-refractivity contribution in [1.82, 2.24) is 20.2 Å². The van der Waals surface area contributed by atoms with Gasteiger partial charge < -0.3 is 10.1 Å². The summed E-state index contributed by atoms with van der Waals surface area (Å²) in [5.74, 6) is -0.346. The van der Waals surface area contributed by atoms with E-state index >= 15 is 0 Å². The molecule has 0 aliphatic rings. The van der Waals surface area contributed by atoms with Crippen LogP contribution in [0.2, 0.25) is 5.15 Å². The van der Waals surface area contributed by atoms with Crippen LogP contribution in [0.25, 0.3) is 0 Å². The second-order valence-electron chi connectivity index (χ2n) is 5.34. The molecular formula is C17H19ClN4O3. The number of likely N-dealkylation sites (N-methyl/N-ethyl adjacent to an activating group) is 1. The molecule has 2 aromatic rings. The Morgan fingerprint density at radius 2 is 1.92 bits per heavy atom. The molecule has 0 saturated heterocycles. The van der Waals surface area contributed by atoms with Crippen molar-refractivity contribution in [3.63, 3.8) is 0 Å². The van der Waals surface area contributed by atoms with E-state index in [-0.39, 0.29) is 24.2 Å². The smallest absolute Gasteiger partial charge is 0.410 e. The topological polar surface area (TPSA) is 84.4 Å². The summed E-state index contributed by atoms with van der Waals surface area (Å²) in [5, 5.41) is 2.90. The molecule has 1 heterocycles. The van der Waals surface area contributed by atoms with Crippen LogP contribution in [0, 0.1) is 0 Å². The number of aromatic nitrogens is 2. The van der Waals surface area contributed by atoms with E-state index in [1.54, 1.807) is 6.92 Å². The first-order chi connectivity index (χ1) is 12.0. The maximum absolute atomic E-state index is 12.2. The van der Waals surface area contributed by atoms with Crippen molar-refractivity contribution in [3.05, 3.63) is 59.1 Å². The molecule has 0 bridgehead atoms. The Kier molecular flexibility index (Phi) is 6.71. The number of rotatable bonds is 6. The number of ether oxygens (including phenoxy) is 1. The molecule has 0 unspecified atom stereocenters. The minimum absolute atomic E-state index is 0.128. The zero-order chi connectivity index (χ0) is 18.2. The maximum Gasteiger partial charge on any atom is 0.410 e. The van der Waals surface area contributed by atoms with Crippen molar-refractivity contribution in [2.75, 3.05) is 7.05 Å². The third-order valence-electron chi connectivity index (χ3n) is 3.61. The number of carbonyl (C=O) groups is 2. The van der Waals surface area contributed by atoms with E-state index in [4.69, 9.17) is 16.3 Å². The lowest BCUT2D eigenvalue weighted by molar-refractivity contribution is -0.125. The zero-order valence-corrected chi connectivity index (χ0v) is 14.7. The van der Waals surface area contributed by atoms with Gasteiger partial charge in [0.15, 0.2) is 5.15 Å². The highest BCUT2D eigenvalue weighted by molar-refractivity contribution is 6.29. The van der Waals surface area contributed by atoms with E-state index in [0.717, 1.165) is 5.56 Å². The molecule has 0 fully saturated rings. The summed E-state index contributed by atoms with van der Waals surface area (Å²) < 4.78 is 5.21. The van der Waals surface area contributed by atoms with Crippen LogP contribution in [-0.2, 0) is 22.7 Å². The number of benzene rings is 1. The second-order valence-corrected chi connectivity index (χ2v) is 5.70. The summed E-state index contributed by atoms with van der Waals surface area (Å²) in [4.78, 5) is 33.4. The van der Waals surface area contributed by atoms with Crippen molar-refractivity contribution in [3.8, 4) is 0 Å². The molecule has 1 atom stereocenters. The summed E-state index contributed by atoms with van der Waals surface area (Å²) >= 11 is 5.89. The molecule has 1 aromatic heterocycles. The van der Waals surface area contributed by atoms with E-state index in [1.165, 1.54) is 24.3 Å². The predicted molar refractivity (Wildman–Crippen MR) is 92.7 cm³/mol. The summed E-state index contributed by atoms with van der Waals surface area (Å²) in [7, 11) is 1.51. The fraction of sp³-hybridized carbons (Fsp3) is 0.294. The van der Waals surface area contributed by atoms with Crippen molar-refractivity contribution in [2.45, 2.75) is 26.1 Å². The Bertz CT molecular complexity index is 727. The van der Waals surface area contributed by atoms with Gasteiger partial charge in [0.1, 0.15) is 12.6 Å². The summed E-state index contributed by atoms with van der Waals surface area (Å²) in [5.41, 5.74) is 1.33. The molecule has 2 amide bonds. The van der Waals surface area contributed by atoms with Crippen LogP contribution in [0.4, 0.5) is 4.79 Å². The van der Waals surface area contributed by atoms with Gasteiger partial charge in [0, 0.05) is 19.4 Å². The largest absolute Gasteiger partial charge is 0.445 e. The van der Waals surface area contributed by atoms with Crippen LogP contribution in [0.3, 0.4) is 0 Å². The van der Waals surface area contributed by atoms with E-state index in [0.29, 0.717) is 5.69 Å². The SMILES string of the molecule is C[C@@H](C(=O)NCc1nccnc1Cl)N(C)C(=O)OCc1ccccc1. The summed E-state index contributed by atoms with van der Waals surface area (Å²) in [6.45, 7) is 1.88. The normalized spacial score (nSPS) is 11.5. The van der Waals surface area contributed by atoms with Gasteiger partial charge in [0.25, 0.3) is 0 Å². The molecule has 0 aliphatic heterocycles. The van der Waals surface area contributed by atoms with Crippen LogP contribution in [-0.4, -0.2) is 40.0 Å². The predicted octanol–water partition coefficient (Wildman–Crippen LogP) is 2.40. The van der Waals surface area contributed by atoms with Gasteiger partial charge >= 0.3 is 6.09 Å². The lowest BCUT2D eigenvalue weighted by atomic mass is 10.2. The molecule has 25 heavy (non-hydrogen) atoms. The van der Waals surface area contributed by atoms with Gasteiger partial charge in [-0.15, -0.1) is 0 Å². The molecule has 7 nitrogen and oxygen atoms in total. The molecule has 0 aliphatic carbocycles.